The molecule has 1 aliphatic heterocycles. The van der Waals surface area contributed by atoms with E-state index in [2.05, 4.69) is 27.0 Å². The van der Waals surface area contributed by atoms with Crippen LogP contribution in [0.1, 0.15) is 13.8 Å². The second kappa shape index (κ2) is 7.27. The Morgan fingerprint density at radius 1 is 1.34 bits per heavy atom. The fraction of sp³-hybridized carbons (Fsp3) is 0.421. The van der Waals surface area contributed by atoms with E-state index in [4.69, 9.17) is 14.2 Å². The number of H-pyrrole nitrogens is 1. The molecule has 3 aromatic heterocycles. The molecule has 1 saturated heterocycles. The molecule has 0 radical (unpaired) electrons. The molecule has 29 heavy (non-hydrogen) atoms. The molecule has 0 unspecified atom stereocenters. The molecular formula is C19H26N5O4P. The van der Waals surface area contributed by atoms with Gasteiger partial charge >= 0.3 is 168 Å². The Kier molecular flexibility index (Phi) is 5.04. The van der Waals surface area contributed by atoms with Gasteiger partial charge in [0.05, 0.1) is 0 Å². The van der Waals surface area contributed by atoms with E-state index < -0.39 is 7.28 Å². The van der Waals surface area contributed by atoms with Crippen LogP contribution in [0, 0.1) is 0 Å². The zero-order valence-electron chi connectivity index (χ0n) is 16.7. The fourth-order valence-electron chi connectivity index (χ4n) is 3.72. The summed E-state index contributed by atoms with van der Waals surface area (Å²) in [5, 5.41) is 7.85. The molecule has 4 rings (SSSR count). The van der Waals surface area contributed by atoms with Crippen LogP contribution in [0.2, 0.25) is 0 Å². The zero-order valence-corrected chi connectivity index (χ0v) is 17.6. The summed E-state index contributed by atoms with van der Waals surface area (Å²) in [6.07, 6.45) is 3.27. The molecule has 4 heterocycles. The summed E-state index contributed by atoms with van der Waals surface area (Å²) < 4.78 is 11.1. The first-order chi connectivity index (χ1) is 13.8. The van der Waals surface area contributed by atoms with Gasteiger partial charge in [0.15, 0.2) is 0 Å². The number of nitrogens with zero attached hydrogens (tertiary/aromatic N) is 4. The zero-order chi connectivity index (χ0) is 20.7. The first-order valence-electron chi connectivity index (χ1n) is 9.59. The maximum absolute atomic E-state index is 11.2. The number of aromatic nitrogens is 4. The molecule has 10 heteroatoms. The van der Waals surface area contributed by atoms with Crippen LogP contribution in [-0.2, 0) is 9.26 Å². The molecule has 0 aromatic carbocycles. The van der Waals surface area contributed by atoms with Crippen molar-refractivity contribution >= 4 is 29.3 Å². The summed E-state index contributed by atoms with van der Waals surface area (Å²) in [4.78, 5) is 33.9. The van der Waals surface area contributed by atoms with Crippen molar-refractivity contribution < 1.29 is 19.0 Å². The van der Waals surface area contributed by atoms with Crippen molar-refractivity contribution in [3.05, 3.63) is 30.6 Å². The molecular weight excluding hydrogens is 393 g/mol. The van der Waals surface area contributed by atoms with E-state index in [1.807, 2.05) is 0 Å². The third-order valence-electron chi connectivity index (χ3n) is 5.10. The van der Waals surface area contributed by atoms with Gasteiger partial charge in [-0.1, -0.05) is 0 Å². The molecule has 156 valence electrons. The Morgan fingerprint density at radius 3 is 2.86 bits per heavy atom. The number of morpholine rings is 1. The minimum absolute atomic E-state index is 0.0983. The quantitative estimate of drug-likeness (QED) is 0.536. The Morgan fingerprint density at radius 2 is 2.17 bits per heavy atom. The number of nitrogens with one attached hydrogen (secondary N) is 1. The van der Waals surface area contributed by atoms with Gasteiger partial charge in [-0.15, -0.1) is 0 Å². The van der Waals surface area contributed by atoms with Gasteiger partial charge in [-0.3, -0.25) is 0 Å². The molecule has 9 nitrogen and oxygen atoms in total. The number of ether oxygens (including phenoxy) is 1. The first kappa shape index (κ1) is 20.1. The number of fused-ring (bicyclic) bond motifs is 1. The van der Waals surface area contributed by atoms with E-state index in [0.29, 0.717) is 53.2 Å². The summed E-state index contributed by atoms with van der Waals surface area (Å²) in [7, 11) is -4.61. The van der Waals surface area contributed by atoms with Crippen LogP contribution < -0.4 is 10.2 Å². The number of rotatable bonds is 5. The van der Waals surface area contributed by atoms with Crippen molar-refractivity contribution in [2.45, 2.75) is 19.9 Å². The third kappa shape index (κ3) is 3.72. The molecule has 0 spiro atoms. The Bertz CT molecular complexity index is 1020. The second-order valence-corrected chi connectivity index (χ2v) is 10.9. The number of pyridine rings is 2. The van der Waals surface area contributed by atoms with Crippen molar-refractivity contribution in [2.24, 2.45) is 0 Å². The fourth-order valence-corrected chi connectivity index (χ4v) is 5.63. The third-order valence-corrected chi connectivity index (χ3v) is 7.46. The Hall–Kier alpha value is -2.16. The second-order valence-electron chi connectivity index (χ2n) is 7.41. The minimum atomic E-state index is -4.61. The maximum atomic E-state index is 11.2. The molecule has 0 bridgehead atoms. The monoisotopic (exact) mass is 419 g/mol. The summed E-state index contributed by atoms with van der Waals surface area (Å²) in [6.45, 7) is 7.15. The number of hydrogen-bond donors (Lipinski definition) is 3. The molecule has 1 fully saturated rings. The van der Waals surface area contributed by atoms with Gasteiger partial charge in [0, 0.05) is 0 Å². The number of aromatic amines is 1. The Balaban J connectivity index is 2.01. The van der Waals surface area contributed by atoms with Crippen LogP contribution in [0.4, 0.5) is 5.82 Å². The van der Waals surface area contributed by atoms with E-state index in [0.717, 1.165) is 0 Å². The predicted octanol–water partition coefficient (Wildman–Crippen LogP) is 1.82. The van der Waals surface area contributed by atoms with Crippen molar-refractivity contribution in [1.29, 1.82) is 0 Å². The summed E-state index contributed by atoms with van der Waals surface area (Å²) in [5.41, 5.74) is 1.85. The average molecular weight is 419 g/mol. The standard InChI is InChI=1S/C19H26N5O4P/c1-4-28-29(3,25,26)16-11-17(24-9-10-27-12-13(24)2)22-18-14(16)5-7-20-19(18)15-6-8-21-23-15/h5-8,11,13,25-26H,4,9-10,12H2,1-3H3,(H,21,23)/t13-/m1/s1. The summed E-state index contributed by atoms with van der Waals surface area (Å²) in [6, 6.07) is 5.37. The van der Waals surface area contributed by atoms with Crippen molar-refractivity contribution in [3.8, 4) is 11.4 Å². The van der Waals surface area contributed by atoms with Crippen LogP contribution in [0.15, 0.2) is 30.6 Å². The molecule has 0 amide bonds. The average Bonchev–Trinajstić information content (AvgIpc) is 3.21. The van der Waals surface area contributed by atoms with Gasteiger partial charge in [-0.2, -0.15) is 0 Å². The topological polar surface area (TPSA) is 117 Å². The van der Waals surface area contributed by atoms with Gasteiger partial charge in [-0.05, 0) is 0 Å². The van der Waals surface area contributed by atoms with Gasteiger partial charge in [-0.25, -0.2) is 0 Å². The van der Waals surface area contributed by atoms with Crippen molar-refractivity contribution in [3.63, 3.8) is 0 Å². The normalized spacial score (nSPS) is 19.3. The predicted molar refractivity (Wildman–Crippen MR) is 113 cm³/mol. The van der Waals surface area contributed by atoms with E-state index in [-0.39, 0.29) is 12.6 Å². The van der Waals surface area contributed by atoms with Crippen molar-refractivity contribution in [2.75, 3.05) is 37.9 Å². The number of anilines is 1. The Labute approximate surface area is 168 Å². The van der Waals surface area contributed by atoms with Crippen molar-refractivity contribution in [1.82, 2.24) is 20.2 Å². The van der Waals surface area contributed by atoms with Gasteiger partial charge in [0.1, 0.15) is 0 Å². The van der Waals surface area contributed by atoms with Crippen LogP contribution in [0.3, 0.4) is 0 Å². The number of hydrogen-bond acceptors (Lipinski definition) is 8. The van der Waals surface area contributed by atoms with E-state index in [1.165, 1.54) is 6.66 Å². The van der Waals surface area contributed by atoms with E-state index in [1.54, 1.807) is 37.5 Å². The molecule has 0 saturated carbocycles. The van der Waals surface area contributed by atoms with E-state index >= 15 is 0 Å². The van der Waals surface area contributed by atoms with Crippen LogP contribution >= 0.6 is 7.28 Å². The van der Waals surface area contributed by atoms with Crippen LogP contribution in [0.5, 0.6) is 0 Å². The molecule has 0 aliphatic carbocycles. The van der Waals surface area contributed by atoms with Gasteiger partial charge in [0.2, 0.25) is 0 Å². The van der Waals surface area contributed by atoms with Crippen LogP contribution in [0.25, 0.3) is 22.3 Å². The van der Waals surface area contributed by atoms with Gasteiger partial charge in [0.25, 0.3) is 0 Å². The first-order valence-corrected chi connectivity index (χ1v) is 12.1. The van der Waals surface area contributed by atoms with Gasteiger partial charge < -0.3 is 0 Å². The molecule has 3 aromatic rings. The molecule has 1 aliphatic rings. The summed E-state index contributed by atoms with van der Waals surface area (Å²) in [5.74, 6) is 0.635. The molecule has 3 N–H and O–H groups in total. The van der Waals surface area contributed by atoms with Crippen LogP contribution in [-0.4, -0.2) is 69.0 Å². The van der Waals surface area contributed by atoms with E-state index in [9.17, 15) is 9.79 Å². The SMILES string of the molecule is CCOP(C)(O)(O)c1cc(N2CCOC[C@H]2C)nc2c(-c3ccn[nH]3)nccc12. The summed E-state index contributed by atoms with van der Waals surface area (Å²) >= 11 is 0. The molecule has 1 atom stereocenters.